The van der Waals surface area contributed by atoms with Crippen molar-refractivity contribution in [3.05, 3.63) is 50.9 Å². The predicted octanol–water partition coefficient (Wildman–Crippen LogP) is 4.34. The summed E-state index contributed by atoms with van der Waals surface area (Å²) in [6.45, 7) is 4.14. The van der Waals surface area contributed by atoms with Crippen molar-refractivity contribution in [2.75, 3.05) is 5.73 Å². The van der Waals surface area contributed by atoms with Gasteiger partial charge in [0.1, 0.15) is 0 Å². The van der Waals surface area contributed by atoms with Crippen LogP contribution >= 0.6 is 22.9 Å². The Balaban J connectivity index is 2.49. The van der Waals surface area contributed by atoms with Crippen LogP contribution in [0.15, 0.2) is 24.3 Å². The summed E-state index contributed by atoms with van der Waals surface area (Å²) in [7, 11) is 0. The number of hydrogen-bond acceptors (Lipinski definition) is 3. The van der Waals surface area contributed by atoms with Gasteiger partial charge in [0, 0.05) is 15.5 Å². The average Bonchev–Trinajstić information content (AvgIpc) is 2.74. The molecule has 0 bridgehead atoms. The van der Waals surface area contributed by atoms with Crippen molar-refractivity contribution in [1.82, 2.24) is 0 Å². The second-order valence-corrected chi connectivity index (χ2v) is 5.86. The molecular weight excluding hydrogens is 278 g/mol. The van der Waals surface area contributed by atoms with Crippen LogP contribution in [-0.4, -0.2) is 5.78 Å². The number of carbonyl (C=O) groups is 1. The Kier molecular flexibility index (Phi) is 4.27. The lowest BCUT2D eigenvalue weighted by molar-refractivity contribution is 0.103. The summed E-state index contributed by atoms with van der Waals surface area (Å²) in [6.07, 6.45) is 1.73. The molecule has 0 unspecified atom stereocenters. The third-order valence-corrected chi connectivity index (χ3v) is 4.58. The lowest BCUT2D eigenvalue weighted by atomic mass is 9.98. The van der Waals surface area contributed by atoms with Crippen LogP contribution in [-0.2, 0) is 12.8 Å². The Hall–Kier alpha value is -1.32. The Morgan fingerprint density at radius 2 is 1.84 bits per heavy atom. The number of halogens is 1. The molecule has 2 N–H and O–H groups in total. The number of ketones is 1. The molecule has 1 heterocycles. The van der Waals surface area contributed by atoms with Crippen LogP contribution in [0.4, 0.5) is 5.00 Å². The summed E-state index contributed by atoms with van der Waals surface area (Å²) in [6, 6.07) is 6.94. The molecule has 0 aliphatic heterocycles. The Morgan fingerprint density at radius 3 is 2.37 bits per heavy atom. The maximum absolute atomic E-state index is 12.6. The minimum Gasteiger partial charge on any atom is -0.390 e. The molecular formula is C15H16ClNOS. The van der Waals surface area contributed by atoms with Crippen LogP contribution in [0, 0.1) is 0 Å². The first-order chi connectivity index (χ1) is 9.08. The van der Waals surface area contributed by atoms with Crippen molar-refractivity contribution in [2.24, 2.45) is 0 Å². The monoisotopic (exact) mass is 293 g/mol. The summed E-state index contributed by atoms with van der Waals surface area (Å²) < 4.78 is 0. The topological polar surface area (TPSA) is 43.1 Å². The normalized spacial score (nSPS) is 10.7. The fraction of sp³-hybridized carbons (Fsp3) is 0.267. The van der Waals surface area contributed by atoms with Crippen molar-refractivity contribution >= 4 is 33.7 Å². The number of carbonyl (C=O) groups excluding carboxylic acids is 1. The van der Waals surface area contributed by atoms with Crippen LogP contribution in [0.3, 0.4) is 0 Å². The van der Waals surface area contributed by atoms with Gasteiger partial charge in [-0.3, -0.25) is 4.79 Å². The second-order valence-electron chi connectivity index (χ2n) is 4.29. The molecule has 19 heavy (non-hydrogen) atoms. The van der Waals surface area contributed by atoms with Crippen LogP contribution in [0.25, 0.3) is 0 Å². The quantitative estimate of drug-likeness (QED) is 0.852. The number of rotatable bonds is 4. The zero-order valence-corrected chi connectivity index (χ0v) is 12.6. The molecule has 2 aromatic rings. The van der Waals surface area contributed by atoms with Gasteiger partial charge in [0.25, 0.3) is 0 Å². The van der Waals surface area contributed by atoms with Crippen molar-refractivity contribution in [3.8, 4) is 0 Å². The molecule has 2 nitrogen and oxygen atoms in total. The van der Waals surface area contributed by atoms with E-state index in [1.165, 1.54) is 16.2 Å². The predicted molar refractivity (Wildman–Crippen MR) is 82.4 cm³/mol. The zero-order valence-electron chi connectivity index (χ0n) is 11.0. The molecule has 1 aromatic heterocycles. The van der Waals surface area contributed by atoms with Crippen LogP contribution in [0.2, 0.25) is 5.02 Å². The van der Waals surface area contributed by atoms with E-state index in [0.29, 0.717) is 21.2 Å². The number of benzene rings is 1. The van der Waals surface area contributed by atoms with Gasteiger partial charge >= 0.3 is 0 Å². The summed E-state index contributed by atoms with van der Waals surface area (Å²) in [5, 5.41) is 1.24. The molecule has 0 radical (unpaired) electrons. The van der Waals surface area contributed by atoms with Crippen LogP contribution in [0.1, 0.15) is 40.2 Å². The van der Waals surface area contributed by atoms with Gasteiger partial charge in [-0.1, -0.05) is 25.4 Å². The third-order valence-electron chi connectivity index (χ3n) is 3.13. The van der Waals surface area contributed by atoms with Gasteiger partial charge in [0.2, 0.25) is 0 Å². The van der Waals surface area contributed by atoms with Gasteiger partial charge < -0.3 is 5.73 Å². The highest BCUT2D eigenvalue weighted by Gasteiger charge is 2.21. The van der Waals surface area contributed by atoms with Gasteiger partial charge in [0.15, 0.2) is 5.78 Å². The fourth-order valence-corrected chi connectivity index (χ4v) is 3.41. The van der Waals surface area contributed by atoms with E-state index >= 15 is 0 Å². The van der Waals surface area contributed by atoms with Crippen molar-refractivity contribution in [1.29, 1.82) is 0 Å². The number of anilines is 1. The highest BCUT2D eigenvalue weighted by molar-refractivity contribution is 7.16. The summed E-state index contributed by atoms with van der Waals surface area (Å²) >= 11 is 7.37. The van der Waals surface area contributed by atoms with Gasteiger partial charge in [-0.05, 0) is 42.7 Å². The number of nitrogens with two attached hydrogens (primary N) is 1. The van der Waals surface area contributed by atoms with E-state index in [9.17, 15) is 4.79 Å². The molecule has 0 amide bonds. The lowest BCUT2D eigenvalue weighted by Crippen LogP contribution is -2.06. The molecule has 0 fully saturated rings. The standard InChI is InChI=1S/C15H16ClNOS/c1-3-11-12(4-2)19-15(17)13(11)14(18)9-5-7-10(16)8-6-9/h5-8H,3-4,17H2,1-2H3. The van der Waals surface area contributed by atoms with E-state index in [4.69, 9.17) is 17.3 Å². The molecule has 0 aliphatic rings. The van der Waals surface area contributed by atoms with E-state index < -0.39 is 0 Å². The van der Waals surface area contributed by atoms with Gasteiger partial charge in [0.05, 0.1) is 10.6 Å². The van der Waals surface area contributed by atoms with Crippen molar-refractivity contribution in [3.63, 3.8) is 0 Å². The van der Waals surface area contributed by atoms with E-state index in [2.05, 4.69) is 13.8 Å². The fourth-order valence-electron chi connectivity index (χ4n) is 2.19. The maximum Gasteiger partial charge on any atom is 0.196 e. The minimum atomic E-state index is -0.0121. The number of nitrogen functional groups attached to an aromatic ring is 1. The van der Waals surface area contributed by atoms with Crippen molar-refractivity contribution in [2.45, 2.75) is 26.7 Å². The van der Waals surface area contributed by atoms with Gasteiger partial charge in [-0.25, -0.2) is 0 Å². The maximum atomic E-state index is 12.6. The molecule has 0 atom stereocenters. The van der Waals surface area contributed by atoms with E-state index in [0.717, 1.165) is 18.4 Å². The smallest absolute Gasteiger partial charge is 0.196 e. The van der Waals surface area contributed by atoms with E-state index in [-0.39, 0.29) is 5.78 Å². The number of hydrogen-bond donors (Lipinski definition) is 1. The van der Waals surface area contributed by atoms with Crippen LogP contribution in [0.5, 0.6) is 0 Å². The molecule has 4 heteroatoms. The summed E-state index contributed by atoms with van der Waals surface area (Å²) in [4.78, 5) is 13.8. The first-order valence-electron chi connectivity index (χ1n) is 6.28. The average molecular weight is 294 g/mol. The van der Waals surface area contributed by atoms with E-state index in [1.807, 2.05) is 0 Å². The second kappa shape index (κ2) is 5.76. The number of aryl methyl sites for hydroxylation is 1. The highest BCUT2D eigenvalue weighted by Crippen LogP contribution is 2.33. The SMILES string of the molecule is CCc1sc(N)c(C(=O)c2ccc(Cl)cc2)c1CC. The molecule has 0 aliphatic carbocycles. The summed E-state index contributed by atoms with van der Waals surface area (Å²) in [5.74, 6) is -0.0121. The van der Waals surface area contributed by atoms with Crippen molar-refractivity contribution < 1.29 is 4.79 Å². The Morgan fingerprint density at radius 1 is 1.21 bits per heavy atom. The largest absolute Gasteiger partial charge is 0.390 e. The molecule has 1 aromatic carbocycles. The third kappa shape index (κ3) is 2.67. The molecule has 0 saturated carbocycles. The molecule has 0 spiro atoms. The summed E-state index contributed by atoms with van der Waals surface area (Å²) in [5.41, 5.74) is 8.42. The van der Waals surface area contributed by atoms with Gasteiger partial charge in [-0.2, -0.15) is 0 Å². The molecule has 2 rings (SSSR count). The number of thiophene rings is 1. The highest BCUT2D eigenvalue weighted by atomic mass is 35.5. The Labute approximate surface area is 122 Å². The first kappa shape index (κ1) is 14.1. The Bertz CT molecular complexity index is 601. The molecule has 0 saturated heterocycles. The zero-order chi connectivity index (χ0) is 14.0. The van der Waals surface area contributed by atoms with Gasteiger partial charge in [-0.15, -0.1) is 11.3 Å². The molecule has 100 valence electrons. The lowest BCUT2D eigenvalue weighted by Gasteiger charge is -2.05. The van der Waals surface area contributed by atoms with Crippen LogP contribution < -0.4 is 5.73 Å². The first-order valence-corrected chi connectivity index (χ1v) is 7.48. The van der Waals surface area contributed by atoms with E-state index in [1.54, 1.807) is 24.3 Å². The minimum absolute atomic E-state index is 0.0121.